The lowest BCUT2D eigenvalue weighted by Crippen LogP contribution is -2.57. The predicted octanol–water partition coefficient (Wildman–Crippen LogP) is 0.809. The standard InChI is InChI=1S/C14H26N6/c1-10(2)6-12-8-20(9-14-16-18-19(3)17-14)13(7-15-12)11-4-5-11/h10-13,15H,4-9H2,1-3H3. The molecule has 20 heavy (non-hydrogen) atoms. The van der Waals surface area contributed by atoms with Crippen LogP contribution in [-0.4, -0.2) is 50.3 Å². The number of piperazine rings is 1. The van der Waals surface area contributed by atoms with Crippen molar-refractivity contribution >= 4 is 0 Å². The van der Waals surface area contributed by atoms with Crippen molar-refractivity contribution in [3.05, 3.63) is 5.82 Å². The van der Waals surface area contributed by atoms with Crippen molar-refractivity contribution in [2.75, 3.05) is 13.1 Å². The number of nitrogens with one attached hydrogen (secondary N) is 1. The summed E-state index contributed by atoms with van der Waals surface area (Å²) in [6, 6.07) is 1.25. The second-order valence-corrected chi connectivity index (χ2v) is 6.76. The first-order valence-corrected chi connectivity index (χ1v) is 7.82. The highest BCUT2D eigenvalue weighted by Crippen LogP contribution is 2.36. The maximum atomic E-state index is 4.34. The average molecular weight is 278 g/mol. The molecule has 2 heterocycles. The Labute approximate surface area is 120 Å². The van der Waals surface area contributed by atoms with E-state index in [1.807, 2.05) is 7.05 Å². The molecule has 2 aliphatic rings. The highest BCUT2D eigenvalue weighted by Gasteiger charge is 2.39. The van der Waals surface area contributed by atoms with E-state index < -0.39 is 0 Å². The number of rotatable bonds is 5. The van der Waals surface area contributed by atoms with Crippen molar-refractivity contribution < 1.29 is 0 Å². The summed E-state index contributed by atoms with van der Waals surface area (Å²) in [4.78, 5) is 4.13. The van der Waals surface area contributed by atoms with Crippen LogP contribution in [0.25, 0.3) is 0 Å². The number of aryl methyl sites for hydroxylation is 1. The third-order valence-corrected chi connectivity index (χ3v) is 4.36. The molecule has 0 amide bonds. The van der Waals surface area contributed by atoms with Gasteiger partial charge in [0.05, 0.1) is 13.6 Å². The number of hydrogen-bond acceptors (Lipinski definition) is 5. The minimum absolute atomic E-state index is 0.599. The lowest BCUT2D eigenvalue weighted by molar-refractivity contribution is 0.0974. The maximum Gasteiger partial charge on any atom is 0.188 e. The van der Waals surface area contributed by atoms with Gasteiger partial charge in [0, 0.05) is 25.2 Å². The largest absolute Gasteiger partial charge is 0.311 e. The average Bonchev–Trinajstić information content (AvgIpc) is 3.13. The van der Waals surface area contributed by atoms with Gasteiger partial charge in [0.25, 0.3) is 0 Å². The molecule has 2 fully saturated rings. The number of nitrogens with zero attached hydrogens (tertiary/aromatic N) is 5. The second-order valence-electron chi connectivity index (χ2n) is 6.76. The topological polar surface area (TPSA) is 58.9 Å². The first-order chi connectivity index (χ1) is 9.61. The van der Waals surface area contributed by atoms with Gasteiger partial charge < -0.3 is 5.32 Å². The highest BCUT2D eigenvalue weighted by molar-refractivity contribution is 4.96. The smallest absolute Gasteiger partial charge is 0.188 e. The lowest BCUT2D eigenvalue weighted by atomic mass is 9.98. The van der Waals surface area contributed by atoms with Crippen LogP contribution in [0.2, 0.25) is 0 Å². The molecular formula is C14H26N6. The number of tetrazole rings is 1. The van der Waals surface area contributed by atoms with Gasteiger partial charge in [-0.25, -0.2) is 0 Å². The Morgan fingerprint density at radius 1 is 1.35 bits per heavy atom. The van der Waals surface area contributed by atoms with Crippen molar-refractivity contribution in [2.45, 2.75) is 51.7 Å². The van der Waals surface area contributed by atoms with E-state index in [9.17, 15) is 0 Å². The van der Waals surface area contributed by atoms with Crippen LogP contribution >= 0.6 is 0 Å². The van der Waals surface area contributed by atoms with Crippen molar-refractivity contribution in [3.63, 3.8) is 0 Å². The quantitative estimate of drug-likeness (QED) is 0.863. The minimum Gasteiger partial charge on any atom is -0.311 e. The zero-order chi connectivity index (χ0) is 14.1. The van der Waals surface area contributed by atoms with E-state index in [0.29, 0.717) is 12.1 Å². The van der Waals surface area contributed by atoms with E-state index in [1.165, 1.54) is 19.3 Å². The van der Waals surface area contributed by atoms with Crippen LogP contribution in [-0.2, 0) is 13.6 Å². The third-order valence-electron chi connectivity index (χ3n) is 4.36. The number of hydrogen-bond donors (Lipinski definition) is 1. The summed E-state index contributed by atoms with van der Waals surface area (Å²) >= 11 is 0. The Bertz CT molecular complexity index is 439. The van der Waals surface area contributed by atoms with Crippen molar-refractivity contribution in [2.24, 2.45) is 18.9 Å². The molecule has 1 aliphatic carbocycles. The van der Waals surface area contributed by atoms with Gasteiger partial charge in [-0.05, 0) is 36.3 Å². The van der Waals surface area contributed by atoms with Crippen LogP contribution in [0.3, 0.4) is 0 Å². The van der Waals surface area contributed by atoms with Gasteiger partial charge in [-0.2, -0.15) is 4.80 Å². The third kappa shape index (κ3) is 3.35. The van der Waals surface area contributed by atoms with Gasteiger partial charge in [0.1, 0.15) is 0 Å². The normalized spacial score (nSPS) is 28.2. The van der Waals surface area contributed by atoms with Gasteiger partial charge >= 0.3 is 0 Å². The zero-order valence-corrected chi connectivity index (χ0v) is 12.8. The zero-order valence-electron chi connectivity index (χ0n) is 12.8. The van der Waals surface area contributed by atoms with E-state index >= 15 is 0 Å². The summed E-state index contributed by atoms with van der Waals surface area (Å²) in [5.74, 6) is 2.46. The van der Waals surface area contributed by atoms with Gasteiger partial charge in [0.15, 0.2) is 5.82 Å². The molecule has 112 valence electrons. The fourth-order valence-corrected chi connectivity index (χ4v) is 3.32. The van der Waals surface area contributed by atoms with E-state index in [1.54, 1.807) is 4.80 Å². The molecule has 0 spiro atoms. The predicted molar refractivity (Wildman–Crippen MR) is 77.0 cm³/mol. The molecule has 0 bridgehead atoms. The SMILES string of the molecule is CC(C)CC1CN(Cc2nnn(C)n2)C(C2CC2)CN1. The molecule has 0 aromatic carbocycles. The van der Waals surface area contributed by atoms with Crippen LogP contribution in [0.5, 0.6) is 0 Å². The Morgan fingerprint density at radius 2 is 2.15 bits per heavy atom. The summed E-state index contributed by atoms with van der Waals surface area (Å²) in [5, 5.41) is 16.2. The Balaban J connectivity index is 1.65. The molecule has 1 aliphatic heterocycles. The molecule has 1 aromatic rings. The molecule has 1 aromatic heterocycles. The van der Waals surface area contributed by atoms with Crippen LogP contribution in [0.15, 0.2) is 0 Å². The molecule has 0 radical (unpaired) electrons. The van der Waals surface area contributed by atoms with E-state index in [0.717, 1.165) is 37.3 Å². The summed E-state index contributed by atoms with van der Waals surface area (Å²) in [5.41, 5.74) is 0. The molecule has 2 unspecified atom stereocenters. The van der Waals surface area contributed by atoms with Crippen molar-refractivity contribution in [1.82, 2.24) is 30.4 Å². The summed E-state index contributed by atoms with van der Waals surface area (Å²) in [6.07, 6.45) is 4.00. The van der Waals surface area contributed by atoms with Gasteiger partial charge in [-0.3, -0.25) is 4.90 Å². The van der Waals surface area contributed by atoms with Gasteiger partial charge in [-0.1, -0.05) is 13.8 Å². The Kier molecular flexibility index (Phi) is 4.03. The molecule has 3 rings (SSSR count). The Hall–Kier alpha value is -1.01. The highest BCUT2D eigenvalue weighted by atomic mass is 15.6. The molecular weight excluding hydrogens is 252 g/mol. The summed E-state index contributed by atoms with van der Waals surface area (Å²) < 4.78 is 0. The summed E-state index contributed by atoms with van der Waals surface area (Å²) in [7, 11) is 1.83. The molecule has 1 N–H and O–H groups in total. The first-order valence-electron chi connectivity index (χ1n) is 7.82. The van der Waals surface area contributed by atoms with Crippen LogP contribution in [0, 0.1) is 11.8 Å². The van der Waals surface area contributed by atoms with Crippen molar-refractivity contribution in [3.8, 4) is 0 Å². The first kappa shape index (κ1) is 13.9. The molecule has 6 nitrogen and oxygen atoms in total. The monoisotopic (exact) mass is 278 g/mol. The van der Waals surface area contributed by atoms with Crippen LogP contribution in [0.4, 0.5) is 0 Å². The van der Waals surface area contributed by atoms with Gasteiger partial charge in [0.2, 0.25) is 0 Å². The fraction of sp³-hybridized carbons (Fsp3) is 0.929. The molecule has 2 atom stereocenters. The van der Waals surface area contributed by atoms with E-state index in [4.69, 9.17) is 0 Å². The summed E-state index contributed by atoms with van der Waals surface area (Å²) in [6.45, 7) is 7.65. The molecule has 1 saturated heterocycles. The minimum atomic E-state index is 0.599. The van der Waals surface area contributed by atoms with E-state index in [-0.39, 0.29) is 0 Å². The van der Waals surface area contributed by atoms with Crippen LogP contribution < -0.4 is 5.32 Å². The molecule has 6 heteroatoms. The van der Waals surface area contributed by atoms with Crippen LogP contribution in [0.1, 0.15) is 38.9 Å². The van der Waals surface area contributed by atoms with Crippen molar-refractivity contribution in [1.29, 1.82) is 0 Å². The lowest BCUT2D eigenvalue weighted by Gasteiger charge is -2.40. The van der Waals surface area contributed by atoms with Gasteiger partial charge in [-0.15, -0.1) is 10.2 Å². The fourth-order valence-electron chi connectivity index (χ4n) is 3.32. The number of aromatic nitrogens is 4. The van der Waals surface area contributed by atoms with E-state index in [2.05, 4.69) is 39.5 Å². The molecule has 1 saturated carbocycles. The second kappa shape index (κ2) is 5.77. The Morgan fingerprint density at radius 3 is 2.75 bits per heavy atom. The maximum absolute atomic E-state index is 4.34.